The Labute approximate surface area is 165 Å². The molecule has 0 unspecified atom stereocenters. The Morgan fingerprint density at radius 1 is 0.500 bits per heavy atom. The maximum absolute atomic E-state index is 5.92. The molecule has 4 aromatic carbocycles. The van der Waals surface area contributed by atoms with Crippen LogP contribution >= 0.6 is 0 Å². The van der Waals surface area contributed by atoms with Crippen LogP contribution in [-0.4, -0.2) is 0 Å². The van der Waals surface area contributed by atoms with Gasteiger partial charge in [0, 0.05) is 11.4 Å². The average molecular weight is 367 g/mol. The highest BCUT2D eigenvalue weighted by Gasteiger charge is 2.01. The van der Waals surface area contributed by atoms with Crippen LogP contribution in [0.1, 0.15) is 5.56 Å². The molecule has 138 valence electrons. The lowest BCUT2D eigenvalue weighted by Gasteiger charge is -2.10. The molecule has 0 aliphatic heterocycles. The molecule has 3 nitrogen and oxygen atoms in total. The van der Waals surface area contributed by atoms with Gasteiger partial charge in [0.15, 0.2) is 0 Å². The Kier molecular flexibility index (Phi) is 5.54. The van der Waals surface area contributed by atoms with Crippen molar-refractivity contribution in [2.45, 2.75) is 6.61 Å². The van der Waals surface area contributed by atoms with Crippen LogP contribution in [0, 0.1) is 0 Å². The first-order valence-corrected chi connectivity index (χ1v) is 9.22. The van der Waals surface area contributed by atoms with Gasteiger partial charge in [-0.3, -0.25) is 0 Å². The summed E-state index contributed by atoms with van der Waals surface area (Å²) in [5.74, 6) is 2.38. The van der Waals surface area contributed by atoms with Crippen LogP contribution < -0.4 is 14.8 Å². The van der Waals surface area contributed by atoms with Gasteiger partial charge < -0.3 is 14.8 Å². The molecule has 0 atom stereocenters. The highest BCUT2D eigenvalue weighted by Crippen LogP contribution is 2.26. The third kappa shape index (κ3) is 4.92. The molecule has 28 heavy (non-hydrogen) atoms. The molecule has 3 heteroatoms. The van der Waals surface area contributed by atoms with Gasteiger partial charge in [-0.2, -0.15) is 0 Å². The van der Waals surface area contributed by atoms with E-state index in [4.69, 9.17) is 9.47 Å². The van der Waals surface area contributed by atoms with E-state index in [9.17, 15) is 0 Å². The zero-order chi connectivity index (χ0) is 19.0. The van der Waals surface area contributed by atoms with Crippen molar-refractivity contribution >= 4 is 11.4 Å². The fourth-order valence-electron chi connectivity index (χ4n) is 2.78. The first kappa shape index (κ1) is 17.7. The van der Waals surface area contributed by atoms with Crippen LogP contribution in [0.3, 0.4) is 0 Å². The average Bonchev–Trinajstić information content (AvgIpc) is 2.76. The van der Waals surface area contributed by atoms with E-state index in [0.717, 1.165) is 34.2 Å². The van der Waals surface area contributed by atoms with E-state index in [1.54, 1.807) is 0 Å². The van der Waals surface area contributed by atoms with Crippen molar-refractivity contribution in [2.75, 3.05) is 5.32 Å². The quantitative estimate of drug-likeness (QED) is 0.389. The van der Waals surface area contributed by atoms with E-state index in [2.05, 4.69) is 5.32 Å². The van der Waals surface area contributed by atoms with Gasteiger partial charge >= 0.3 is 0 Å². The van der Waals surface area contributed by atoms with Gasteiger partial charge in [-0.05, 0) is 66.2 Å². The van der Waals surface area contributed by atoms with Crippen molar-refractivity contribution in [1.82, 2.24) is 0 Å². The largest absolute Gasteiger partial charge is 0.489 e. The minimum atomic E-state index is 0.553. The van der Waals surface area contributed by atoms with Crippen LogP contribution in [0.2, 0.25) is 0 Å². The zero-order valence-corrected chi connectivity index (χ0v) is 15.4. The summed E-state index contributed by atoms with van der Waals surface area (Å²) in [7, 11) is 0. The molecule has 0 heterocycles. The SMILES string of the molecule is c1ccc(COc2ccc(Oc3ccc(Nc4ccccc4)cc3)cc2)cc1. The summed E-state index contributed by atoms with van der Waals surface area (Å²) in [6.07, 6.45) is 0. The van der Waals surface area contributed by atoms with Crippen LogP contribution in [-0.2, 0) is 6.61 Å². The molecule has 4 rings (SSSR count). The highest BCUT2D eigenvalue weighted by molar-refractivity contribution is 5.60. The smallest absolute Gasteiger partial charge is 0.127 e. The summed E-state index contributed by atoms with van der Waals surface area (Å²) in [6.45, 7) is 0.553. The Morgan fingerprint density at radius 2 is 1.00 bits per heavy atom. The third-order valence-electron chi connectivity index (χ3n) is 4.22. The molecule has 0 saturated carbocycles. The number of hydrogen-bond donors (Lipinski definition) is 1. The van der Waals surface area contributed by atoms with Crippen molar-refractivity contribution in [1.29, 1.82) is 0 Å². The number of ether oxygens (including phenoxy) is 2. The highest BCUT2D eigenvalue weighted by atomic mass is 16.5. The summed E-state index contributed by atoms with van der Waals surface area (Å²) >= 11 is 0. The van der Waals surface area contributed by atoms with Crippen molar-refractivity contribution in [3.63, 3.8) is 0 Å². The van der Waals surface area contributed by atoms with Crippen LogP contribution in [0.25, 0.3) is 0 Å². The predicted octanol–water partition coefficient (Wildman–Crippen LogP) is 6.80. The second kappa shape index (κ2) is 8.78. The monoisotopic (exact) mass is 367 g/mol. The molecular formula is C25H21NO2. The molecule has 0 aromatic heterocycles. The van der Waals surface area contributed by atoms with E-state index < -0.39 is 0 Å². The zero-order valence-electron chi connectivity index (χ0n) is 15.4. The maximum atomic E-state index is 5.92. The summed E-state index contributed by atoms with van der Waals surface area (Å²) < 4.78 is 11.7. The summed E-state index contributed by atoms with van der Waals surface area (Å²) in [4.78, 5) is 0. The molecule has 0 fully saturated rings. The molecule has 0 aliphatic rings. The lowest BCUT2D eigenvalue weighted by molar-refractivity contribution is 0.306. The topological polar surface area (TPSA) is 30.5 Å². The van der Waals surface area contributed by atoms with Crippen LogP contribution in [0.4, 0.5) is 11.4 Å². The number of rotatable bonds is 7. The summed E-state index contributed by atoms with van der Waals surface area (Å²) in [5.41, 5.74) is 3.22. The van der Waals surface area contributed by atoms with Crippen molar-refractivity contribution in [3.8, 4) is 17.2 Å². The second-order valence-corrected chi connectivity index (χ2v) is 6.36. The minimum absolute atomic E-state index is 0.553. The minimum Gasteiger partial charge on any atom is -0.489 e. The van der Waals surface area contributed by atoms with E-state index in [-0.39, 0.29) is 0 Å². The first-order chi connectivity index (χ1) is 13.8. The molecule has 0 bridgehead atoms. The fraction of sp³-hybridized carbons (Fsp3) is 0.0400. The molecule has 0 aliphatic carbocycles. The van der Waals surface area contributed by atoms with Gasteiger partial charge in [0.05, 0.1) is 0 Å². The lowest BCUT2D eigenvalue weighted by Crippen LogP contribution is -1.94. The van der Waals surface area contributed by atoms with Crippen LogP contribution in [0.15, 0.2) is 109 Å². The molecule has 4 aromatic rings. The molecule has 0 saturated heterocycles. The summed E-state index contributed by atoms with van der Waals surface area (Å²) in [5, 5.41) is 3.36. The molecule has 0 amide bonds. The standard InChI is InChI=1S/C25H21NO2/c1-3-7-20(8-4-1)19-27-23-15-17-25(18-16-23)28-24-13-11-22(12-14-24)26-21-9-5-2-6-10-21/h1-18,26H,19H2. The first-order valence-electron chi connectivity index (χ1n) is 9.22. The normalized spacial score (nSPS) is 10.3. The van der Waals surface area contributed by atoms with E-state index >= 15 is 0 Å². The molecule has 1 N–H and O–H groups in total. The van der Waals surface area contributed by atoms with Gasteiger partial charge in [0.2, 0.25) is 0 Å². The summed E-state index contributed by atoms with van der Waals surface area (Å²) in [6, 6.07) is 35.8. The van der Waals surface area contributed by atoms with Gasteiger partial charge in [-0.15, -0.1) is 0 Å². The number of anilines is 2. The third-order valence-corrected chi connectivity index (χ3v) is 4.22. The molecule has 0 spiro atoms. The van der Waals surface area contributed by atoms with Gasteiger partial charge in [-0.25, -0.2) is 0 Å². The van der Waals surface area contributed by atoms with E-state index in [1.165, 1.54) is 0 Å². The fourth-order valence-corrected chi connectivity index (χ4v) is 2.78. The lowest BCUT2D eigenvalue weighted by atomic mass is 10.2. The predicted molar refractivity (Wildman–Crippen MR) is 113 cm³/mol. The second-order valence-electron chi connectivity index (χ2n) is 6.36. The Morgan fingerprint density at radius 3 is 1.64 bits per heavy atom. The number of hydrogen-bond acceptors (Lipinski definition) is 3. The number of benzene rings is 4. The van der Waals surface area contributed by atoms with Crippen molar-refractivity contribution < 1.29 is 9.47 Å². The van der Waals surface area contributed by atoms with Gasteiger partial charge in [-0.1, -0.05) is 48.5 Å². The Balaban J connectivity index is 1.32. The molecule has 0 radical (unpaired) electrons. The Bertz CT molecular complexity index is 982. The van der Waals surface area contributed by atoms with E-state index in [0.29, 0.717) is 6.61 Å². The van der Waals surface area contributed by atoms with Crippen molar-refractivity contribution in [2.24, 2.45) is 0 Å². The van der Waals surface area contributed by atoms with Crippen LogP contribution in [0.5, 0.6) is 17.2 Å². The Hall–Kier alpha value is -3.72. The number of para-hydroxylation sites is 1. The maximum Gasteiger partial charge on any atom is 0.127 e. The van der Waals surface area contributed by atoms with Gasteiger partial charge in [0.1, 0.15) is 23.9 Å². The number of nitrogens with one attached hydrogen (secondary N) is 1. The van der Waals surface area contributed by atoms with Gasteiger partial charge in [0.25, 0.3) is 0 Å². The van der Waals surface area contributed by atoms with E-state index in [1.807, 2.05) is 109 Å². The van der Waals surface area contributed by atoms with Crippen molar-refractivity contribution in [3.05, 3.63) is 115 Å². The molecular weight excluding hydrogens is 346 g/mol.